The minimum Gasteiger partial charge on any atom is -0.497 e. The maximum atomic E-state index is 13.0. The van der Waals surface area contributed by atoms with Crippen molar-refractivity contribution in [2.45, 2.75) is 32.4 Å². The Labute approximate surface area is 164 Å². The molecule has 0 saturated heterocycles. The smallest absolute Gasteiger partial charge is 0.278 e. The van der Waals surface area contributed by atoms with Crippen LogP contribution in [0.2, 0.25) is 0 Å². The first kappa shape index (κ1) is 19.5. The third-order valence-corrected chi connectivity index (χ3v) is 4.81. The average Bonchev–Trinajstić information content (AvgIpc) is 2.68. The molecule has 0 radical (unpaired) electrons. The molecular weight excluding hydrogens is 360 g/mol. The second kappa shape index (κ2) is 7.42. The fourth-order valence-corrected chi connectivity index (χ4v) is 3.08. The van der Waals surface area contributed by atoms with Crippen molar-refractivity contribution in [3.63, 3.8) is 0 Å². The molecule has 1 aliphatic heterocycles. The molecule has 1 aliphatic rings. The van der Waals surface area contributed by atoms with E-state index >= 15 is 0 Å². The van der Waals surface area contributed by atoms with Crippen molar-refractivity contribution in [3.05, 3.63) is 47.5 Å². The summed E-state index contributed by atoms with van der Waals surface area (Å²) in [4.78, 5) is 25.6. The number of nitrogens with one attached hydrogen (secondary N) is 2. The first-order valence-electron chi connectivity index (χ1n) is 8.92. The van der Waals surface area contributed by atoms with Crippen LogP contribution in [0.3, 0.4) is 0 Å². The zero-order chi connectivity index (χ0) is 20.5. The number of anilines is 1. The normalized spacial score (nSPS) is 19.0. The summed E-state index contributed by atoms with van der Waals surface area (Å²) in [5.41, 5.74) is 0.570. The minimum absolute atomic E-state index is 0.440. The van der Waals surface area contributed by atoms with Crippen LogP contribution >= 0.6 is 0 Å². The molecule has 0 aliphatic carbocycles. The van der Waals surface area contributed by atoms with E-state index in [1.165, 1.54) is 6.92 Å². The van der Waals surface area contributed by atoms with Crippen LogP contribution in [0.1, 0.15) is 31.0 Å². The summed E-state index contributed by atoms with van der Waals surface area (Å²) in [7, 11) is 3.12. The number of hydrogen-bond acceptors (Lipinski definition) is 5. The van der Waals surface area contributed by atoms with Gasteiger partial charge in [-0.1, -0.05) is 6.07 Å². The van der Waals surface area contributed by atoms with Gasteiger partial charge in [-0.3, -0.25) is 9.59 Å². The van der Waals surface area contributed by atoms with E-state index in [-0.39, 0.29) is 0 Å². The minimum atomic E-state index is -1.69. The van der Waals surface area contributed by atoms with Crippen molar-refractivity contribution < 1.29 is 23.8 Å². The van der Waals surface area contributed by atoms with Gasteiger partial charge in [0.05, 0.1) is 25.9 Å². The van der Waals surface area contributed by atoms with E-state index in [4.69, 9.17) is 14.2 Å². The lowest BCUT2D eigenvalue weighted by Gasteiger charge is -2.34. The molecule has 2 aromatic carbocycles. The molecule has 7 heteroatoms. The molecule has 0 bridgehead atoms. The fraction of sp³-hybridized carbons (Fsp3) is 0.333. The van der Waals surface area contributed by atoms with Crippen LogP contribution in [0.15, 0.2) is 36.4 Å². The monoisotopic (exact) mass is 384 g/mol. The van der Waals surface area contributed by atoms with Crippen molar-refractivity contribution in [2.75, 3.05) is 19.5 Å². The zero-order valence-electron chi connectivity index (χ0n) is 16.6. The molecule has 0 spiro atoms. The van der Waals surface area contributed by atoms with Gasteiger partial charge in [-0.05, 0) is 56.7 Å². The van der Waals surface area contributed by atoms with Crippen molar-refractivity contribution >= 4 is 17.5 Å². The first-order valence-corrected chi connectivity index (χ1v) is 8.92. The molecule has 2 amide bonds. The van der Waals surface area contributed by atoms with E-state index in [2.05, 4.69) is 10.6 Å². The zero-order valence-corrected chi connectivity index (χ0v) is 16.6. The topological polar surface area (TPSA) is 85.9 Å². The number of carbonyl (C=O) groups is 2. The highest BCUT2D eigenvalue weighted by Gasteiger charge is 2.47. The van der Waals surface area contributed by atoms with E-state index in [0.717, 1.165) is 11.1 Å². The third kappa shape index (κ3) is 3.47. The summed E-state index contributed by atoms with van der Waals surface area (Å²) < 4.78 is 16.4. The van der Waals surface area contributed by atoms with E-state index in [1.54, 1.807) is 51.5 Å². The summed E-state index contributed by atoms with van der Waals surface area (Å²) in [6.45, 7) is 5.17. The second-order valence-electron chi connectivity index (χ2n) is 6.89. The van der Waals surface area contributed by atoms with Gasteiger partial charge in [0.25, 0.3) is 17.4 Å². The number of methoxy groups -OCH3 is 2. The summed E-state index contributed by atoms with van der Waals surface area (Å²) in [6.07, 6.45) is 0. The van der Waals surface area contributed by atoms with E-state index in [9.17, 15) is 9.59 Å². The SMILES string of the molecule is COc1ccc(OC)c(C(C)NC(=O)C2(C)Oc3ccc(C)cc3NC2=O)c1. The number of ether oxygens (including phenoxy) is 3. The van der Waals surface area contributed by atoms with Gasteiger partial charge >= 0.3 is 0 Å². The quantitative estimate of drug-likeness (QED) is 0.774. The molecule has 1 heterocycles. The number of fused-ring (bicyclic) bond motifs is 1. The Morgan fingerprint density at radius 2 is 1.93 bits per heavy atom. The predicted molar refractivity (Wildman–Crippen MR) is 105 cm³/mol. The largest absolute Gasteiger partial charge is 0.497 e. The van der Waals surface area contributed by atoms with Gasteiger partial charge in [0.2, 0.25) is 0 Å². The lowest BCUT2D eigenvalue weighted by Crippen LogP contribution is -2.59. The highest BCUT2D eigenvalue weighted by Crippen LogP contribution is 2.35. The predicted octanol–water partition coefficient (Wildman–Crippen LogP) is 2.98. The van der Waals surface area contributed by atoms with Crippen LogP contribution in [0, 0.1) is 6.92 Å². The molecule has 7 nitrogen and oxygen atoms in total. The number of rotatable bonds is 5. The average molecular weight is 384 g/mol. The highest BCUT2D eigenvalue weighted by molar-refractivity contribution is 6.15. The number of benzene rings is 2. The number of carbonyl (C=O) groups excluding carboxylic acids is 2. The number of aryl methyl sites for hydroxylation is 1. The fourth-order valence-electron chi connectivity index (χ4n) is 3.08. The molecule has 2 atom stereocenters. The second-order valence-corrected chi connectivity index (χ2v) is 6.89. The van der Waals surface area contributed by atoms with Crippen LogP contribution in [-0.2, 0) is 9.59 Å². The van der Waals surface area contributed by atoms with Crippen molar-refractivity contribution in [2.24, 2.45) is 0 Å². The molecule has 3 rings (SSSR count). The van der Waals surface area contributed by atoms with Crippen LogP contribution in [0.4, 0.5) is 5.69 Å². The Bertz CT molecular complexity index is 927. The van der Waals surface area contributed by atoms with Crippen molar-refractivity contribution in [1.29, 1.82) is 0 Å². The molecule has 0 fully saturated rings. The van der Waals surface area contributed by atoms with Gasteiger partial charge in [0.15, 0.2) is 0 Å². The van der Waals surface area contributed by atoms with Crippen LogP contribution in [0.5, 0.6) is 17.2 Å². The number of hydrogen-bond donors (Lipinski definition) is 2. The van der Waals surface area contributed by atoms with Gasteiger partial charge < -0.3 is 24.8 Å². The highest BCUT2D eigenvalue weighted by atomic mass is 16.5. The lowest BCUT2D eigenvalue weighted by atomic mass is 9.99. The Kier molecular flexibility index (Phi) is 5.18. The van der Waals surface area contributed by atoms with Gasteiger partial charge in [0, 0.05) is 5.56 Å². The molecule has 28 heavy (non-hydrogen) atoms. The molecule has 2 N–H and O–H groups in total. The summed E-state index contributed by atoms with van der Waals surface area (Å²) in [6, 6.07) is 10.3. The maximum absolute atomic E-state index is 13.0. The summed E-state index contributed by atoms with van der Waals surface area (Å²) in [5.74, 6) is 0.628. The van der Waals surface area contributed by atoms with Gasteiger partial charge in [-0.2, -0.15) is 0 Å². The van der Waals surface area contributed by atoms with Crippen LogP contribution in [0.25, 0.3) is 0 Å². The standard InChI is InChI=1S/C21H24N2O5/c1-12-6-8-18-16(10-12)23-20(25)21(3,28-18)19(24)22-13(2)15-11-14(26-4)7-9-17(15)27-5/h6-11,13H,1-5H3,(H,22,24)(H,23,25). The van der Waals surface area contributed by atoms with E-state index < -0.39 is 23.5 Å². The van der Waals surface area contributed by atoms with Crippen LogP contribution in [-0.4, -0.2) is 31.6 Å². The molecule has 2 aromatic rings. The molecular formula is C21H24N2O5. The molecule has 148 valence electrons. The first-order chi connectivity index (χ1) is 13.3. The van der Waals surface area contributed by atoms with Crippen molar-refractivity contribution in [1.82, 2.24) is 5.32 Å². The lowest BCUT2D eigenvalue weighted by molar-refractivity contribution is -0.147. The molecule has 0 saturated carbocycles. The van der Waals surface area contributed by atoms with Crippen molar-refractivity contribution in [3.8, 4) is 17.2 Å². The molecule has 2 unspecified atom stereocenters. The summed E-state index contributed by atoms with van der Waals surface area (Å²) in [5, 5.41) is 5.60. The molecule has 0 aromatic heterocycles. The van der Waals surface area contributed by atoms with Crippen LogP contribution < -0.4 is 24.8 Å². The number of amides is 2. The van der Waals surface area contributed by atoms with E-state index in [1.807, 2.05) is 13.0 Å². The van der Waals surface area contributed by atoms with Gasteiger partial charge in [-0.15, -0.1) is 0 Å². The Morgan fingerprint density at radius 3 is 2.61 bits per heavy atom. The Balaban J connectivity index is 1.84. The van der Waals surface area contributed by atoms with Gasteiger partial charge in [-0.25, -0.2) is 0 Å². The Morgan fingerprint density at radius 1 is 1.18 bits per heavy atom. The third-order valence-electron chi connectivity index (χ3n) is 4.81. The van der Waals surface area contributed by atoms with Gasteiger partial charge in [0.1, 0.15) is 17.2 Å². The Hall–Kier alpha value is -3.22. The van der Waals surface area contributed by atoms with E-state index in [0.29, 0.717) is 22.9 Å². The maximum Gasteiger partial charge on any atom is 0.278 e. The summed E-state index contributed by atoms with van der Waals surface area (Å²) >= 11 is 0.